The number of benzene rings is 1. The van der Waals surface area contributed by atoms with E-state index >= 15 is 0 Å². The maximum absolute atomic E-state index is 12.5. The molecule has 0 unspecified atom stereocenters. The molecule has 2 aromatic rings. The SMILES string of the molecule is Cc1ccc(OCCC(=O)N2CCC(c3nnc4n3CCNC4)CC2)cc1C.Cl. The first-order chi connectivity index (χ1) is 13.6. The molecule has 0 radical (unpaired) electrons. The number of amides is 1. The van der Waals surface area contributed by atoms with Gasteiger partial charge in [-0.1, -0.05) is 6.07 Å². The summed E-state index contributed by atoms with van der Waals surface area (Å²) < 4.78 is 8.03. The van der Waals surface area contributed by atoms with Crippen molar-refractivity contribution in [2.75, 3.05) is 26.2 Å². The van der Waals surface area contributed by atoms with Crippen molar-refractivity contribution in [1.29, 1.82) is 0 Å². The van der Waals surface area contributed by atoms with Gasteiger partial charge in [0.25, 0.3) is 0 Å². The molecule has 1 aromatic heterocycles. The number of aromatic nitrogens is 3. The van der Waals surface area contributed by atoms with Crippen LogP contribution in [-0.2, 0) is 17.9 Å². The van der Waals surface area contributed by atoms with Gasteiger partial charge in [-0.15, -0.1) is 22.6 Å². The summed E-state index contributed by atoms with van der Waals surface area (Å²) in [4.78, 5) is 14.5. The molecule has 0 spiro atoms. The lowest BCUT2D eigenvalue weighted by Gasteiger charge is -2.32. The summed E-state index contributed by atoms with van der Waals surface area (Å²) >= 11 is 0. The highest BCUT2D eigenvalue weighted by Gasteiger charge is 2.28. The van der Waals surface area contributed by atoms with Crippen LogP contribution in [0.4, 0.5) is 0 Å². The number of hydrogen-bond acceptors (Lipinski definition) is 5. The molecule has 1 fully saturated rings. The molecule has 0 aliphatic carbocycles. The van der Waals surface area contributed by atoms with E-state index in [-0.39, 0.29) is 18.3 Å². The number of fused-ring (bicyclic) bond motifs is 1. The summed E-state index contributed by atoms with van der Waals surface area (Å²) in [5.41, 5.74) is 2.45. The standard InChI is InChI=1S/C21H29N5O2.ClH/c1-15-3-4-18(13-16(15)2)28-12-7-20(27)25-9-5-17(6-10-25)21-24-23-19-14-22-8-11-26(19)21;/h3-4,13,17,22H,5-12,14H2,1-2H3;1H. The molecule has 3 heterocycles. The molecule has 1 N–H and O–H groups in total. The van der Waals surface area contributed by atoms with Crippen molar-refractivity contribution < 1.29 is 9.53 Å². The van der Waals surface area contributed by atoms with Gasteiger partial charge in [-0.05, 0) is 49.9 Å². The van der Waals surface area contributed by atoms with Gasteiger partial charge in [0.2, 0.25) is 5.91 Å². The van der Waals surface area contributed by atoms with E-state index in [9.17, 15) is 4.79 Å². The quantitative estimate of drug-likeness (QED) is 0.806. The zero-order valence-corrected chi connectivity index (χ0v) is 18.0. The Kier molecular flexibility index (Phi) is 7.14. The third-order valence-electron chi connectivity index (χ3n) is 5.93. The van der Waals surface area contributed by atoms with Gasteiger partial charge < -0.3 is 19.5 Å². The number of likely N-dealkylation sites (tertiary alicyclic amines) is 1. The second kappa shape index (κ2) is 9.59. The van der Waals surface area contributed by atoms with Crippen molar-refractivity contribution in [1.82, 2.24) is 25.0 Å². The molecular weight excluding hydrogens is 390 g/mol. The van der Waals surface area contributed by atoms with E-state index in [0.717, 1.165) is 63.0 Å². The zero-order chi connectivity index (χ0) is 19.5. The molecule has 158 valence electrons. The zero-order valence-electron chi connectivity index (χ0n) is 17.2. The van der Waals surface area contributed by atoms with Crippen LogP contribution in [0.2, 0.25) is 0 Å². The molecular formula is C21H30ClN5O2. The molecule has 7 nitrogen and oxygen atoms in total. The van der Waals surface area contributed by atoms with Crippen molar-refractivity contribution in [3.05, 3.63) is 41.0 Å². The van der Waals surface area contributed by atoms with E-state index in [1.807, 2.05) is 17.0 Å². The molecule has 0 atom stereocenters. The molecule has 8 heteroatoms. The van der Waals surface area contributed by atoms with Crippen LogP contribution in [0, 0.1) is 13.8 Å². The molecule has 29 heavy (non-hydrogen) atoms. The summed E-state index contributed by atoms with van der Waals surface area (Å²) in [5, 5.41) is 12.1. The third kappa shape index (κ3) is 4.90. The average molecular weight is 420 g/mol. The Balaban J connectivity index is 0.00000240. The van der Waals surface area contributed by atoms with Crippen LogP contribution in [0.1, 0.15) is 48.0 Å². The number of piperidine rings is 1. The number of nitrogens with zero attached hydrogens (tertiary/aromatic N) is 4. The highest BCUT2D eigenvalue weighted by atomic mass is 35.5. The number of nitrogens with one attached hydrogen (secondary N) is 1. The number of carbonyl (C=O) groups is 1. The Morgan fingerprint density at radius 3 is 2.72 bits per heavy atom. The van der Waals surface area contributed by atoms with Crippen molar-refractivity contribution in [3.8, 4) is 5.75 Å². The van der Waals surface area contributed by atoms with Crippen LogP contribution in [0.25, 0.3) is 0 Å². The first-order valence-electron chi connectivity index (χ1n) is 10.2. The Bertz CT molecular complexity index is 846. The molecule has 0 saturated carbocycles. The Morgan fingerprint density at radius 1 is 1.17 bits per heavy atom. The van der Waals surface area contributed by atoms with Crippen molar-refractivity contribution in [3.63, 3.8) is 0 Å². The monoisotopic (exact) mass is 419 g/mol. The van der Waals surface area contributed by atoms with Gasteiger partial charge in [-0.3, -0.25) is 4.79 Å². The number of rotatable bonds is 5. The number of ether oxygens (including phenoxy) is 1. The van der Waals surface area contributed by atoms with Gasteiger partial charge in [0.1, 0.15) is 17.4 Å². The lowest BCUT2D eigenvalue weighted by molar-refractivity contribution is -0.132. The van der Waals surface area contributed by atoms with E-state index < -0.39 is 0 Å². The lowest BCUT2D eigenvalue weighted by atomic mass is 9.95. The van der Waals surface area contributed by atoms with Gasteiger partial charge in [-0.25, -0.2) is 0 Å². The molecule has 0 bridgehead atoms. The average Bonchev–Trinajstić information content (AvgIpc) is 3.15. The van der Waals surface area contributed by atoms with E-state index in [4.69, 9.17) is 4.74 Å². The van der Waals surface area contributed by atoms with Crippen LogP contribution >= 0.6 is 12.4 Å². The predicted molar refractivity (Wildman–Crippen MR) is 114 cm³/mol. The van der Waals surface area contributed by atoms with Crippen molar-refractivity contribution in [2.45, 2.75) is 52.1 Å². The minimum Gasteiger partial charge on any atom is -0.493 e. The highest BCUT2D eigenvalue weighted by molar-refractivity contribution is 5.85. The lowest BCUT2D eigenvalue weighted by Crippen LogP contribution is -2.39. The summed E-state index contributed by atoms with van der Waals surface area (Å²) in [6.45, 7) is 8.85. The normalized spacial score (nSPS) is 16.8. The molecule has 1 amide bonds. The second-order valence-corrected chi connectivity index (χ2v) is 7.80. The van der Waals surface area contributed by atoms with Crippen LogP contribution < -0.4 is 10.1 Å². The summed E-state index contributed by atoms with van der Waals surface area (Å²) in [6.07, 6.45) is 2.33. The van der Waals surface area contributed by atoms with Gasteiger partial charge >= 0.3 is 0 Å². The summed E-state index contributed by atoms with van der Waals surface area (Å²) in [5.74, 6) is 3.54. The minimum atomic E-state index is 0. The smallest absolute Gasteiger partial charge is 0.225 e. The number of carbonyl (C=O) groups excluding carboxylic acids is 1. The highest BCUT2D eigenvalue weighted by Crippen LogP contribution is 2.28. The maximum Gasteiger partial charge on any atom is 0.225 e. The van der Waals surface area contributed by atoms with Crippen LogP contribution in [0.5, 0.6) is 5.75 Å². The van der Waals surface area contributed by atoms with Gasteiger partial charge in [0.15, 0.2) is 0 Å². The Hall–Kier alpha value is -2.12. The molecule has 1 aromatic carbocycles. The largest absolute Gasteiger partial charge is 0.493 e. The molecule has 1 saturated heterocycles. The number of aryl methyl sites for hydroxylation is 2. The second-order valence-electron chi connectivity index (χ2n) is 7.80. The van der Waals surface area contributed by atoms with E-state index in [1.54, 1.807) is 0 Å². The Labute approximate surface area is 178 Å². The summed E-state index contributed by atoms with van der Waals surface area (Å²) in [7, 11) is 0. The fraction of sp³-hybridized carbons (Fsp3) is 0.571. The maximum atomic E-state index is 12.5. The van der Waals surface area contributed by atoms with Crippen LogP contribution in [-0.4, -0.2) is 51.8 Å². The van der Waals surface area contributed by atoms with E-state index in [1.165, 1.54) is 11.1 Å². The van der Waals surface area contributed by atoms with E-state index in [0.29, 0.717) is 18.9 Å². The van der Waals surface area contributed by atoms with Gasteiger partial charge in [-0.2, -0.15) is 0 Å². The fourth-order valence-electron chi connectivity index (χ4n) is 4.02. The topological polar surface area (TPSA) is 72.3 Å². The molecule has 2 aliphatic rings. The first-order valence-corrected chi connectivity index (χ1v) is 10.2. The molecule has 2 aliphatic heterocycles. The van der Waals surface area contributed by atoms with Gasteiger partial charge in [0.05, 0.1) is 19.6 Å². The van der Waals surface area contributed by atoms with Crippen molar-refractivity contribution >= 4 is 18.3 Å². The number of hydrogen-bond donors (Lipinski definition) is 1. The number of halogens is 1. The fourth-order valence-corrected chi connectivity index (χ4v) is 4.02. The Morgan fingerprint density at radius 2 is 1.97 bits per heavy atom. The van der Waals surface area contributed by atoms with Crippen molar-refractivity contribution in [2.24, 2.45) is 0 Å². The van der Waals surface area contributed by atoms with Gasteiger partial charge in [0, 0.05) is 32.1 Å². The van der Waals surface area contributed by atoms with Crippen LogP contribution in [0.15, 0.2) is 18.2 Å². The molecule has 4 rings (SSSR count). The third-order valence-corrected chi connectivity index (χ3v) is 5.93. The predicted octanol–water partition coefficient (Wildman–Crippen LogP) is 2.60. The van der Waals surface area contributed by atoms with E-state index in [2.05, 4.69) is 40.0 Å². The first kappa shape index (κ1) is 21.6. The minimum absolute atomic E-state index is 0. The van der Waals surface area contributed by atoms with Crippen LogP contribution in [0.3, 0.4) is 0 Å². The summed E-state index contributed by atoms with van der Waals surface area (Å²) in [6, 6.07) is 6.05.